The number of hydrogen-bond acceptors (Lipinski definition) is 4. The molecular weight excluding hydrogens is 260 g/mol. The topological polar surface area (TPSA) is 91.3 Å². The van der Waals surface area contributed by atoms with Crippen LogP contribution in [0.3, 0.4) is 0 Å². The summed E-state index contributed by atoms with van der Waals surface area (Å²) in [6, 6.07) is 4.41. The molecule has 0 aliphatic carbocycles. The van der Waals surface area contributed by atoms with Crippen molar-refractivity contribution in [2.45, 2.75) is 0 Å². The van der Waals surface area contributed by atoms with Gasteiger partial charge < -0.3 is 15.2 Å². The van der Waals surface area contributed by atoms with Gasteiger partial charge in [-0.05, 0) is 20.2 Å². The Morgan fingerprint density at radius 1 is 1.45 bits per heavy atom. The quantitative estimate of drug-likeness (QED) is 0.637. The first kappa shape index (κ1) is 14.0. The Labute approximate surface area is 115 Å². The lowest BCUT2D eigenvalue weighted by atomic mass is 10.1. The molecule has 0 saturated carbocycles. The van der Waals surface area contributed by atoms with E-state index in [0.29, 0.717) is 23.0 Å². The first-order chi connectivity index (χ1) is 9.49. The zero-order chi connectivity index (χ0) is 14.7. The van der Waals surface area contributed by atoms with Crippen LogP contribution in [0.25, 0.3) is 10.9 Å². The zero-order valence-corrected chi connectivity index (χ0v) is 11.3. The second kappa shape index (κ2) is 5.70. The van der Waals surface area contributed by atoms with Gasteiger partial charge in [0.15, 0.2) is 0 Å². The summed E-state index contributed by atoms with van der Waals surface area (Å²) in [4.78, 5) is 27.1. The van der Waals surface area contributed by atoms with Gasteiger partial charge in [0, 0.05) is 36.8 Å². The molecule has 1 amide bonds. The van der Waals surface area contributed by atoms with E-state index in [1.165, 1.54) is 12.1 Å². The maximum Gasteiger partial charge on any atom is 0.271 e. The van der Waals surface area contributed by atoms with Gasteiger partial charge in [-0.2, -0.15) is 0 Å². The molecule has 0 unspecified atom stereocenters. The zero-order valence-electron chi connectivity index (χ0n) is 11.3. The Morgan fingerprint density at radius 2 is 2.20 bits per heavy atom. The normalized spacial score (nSPS) is 10.9. The number of nitrogens with one attached hydrogen (secondary N) is 2. The number of nitro benzene ring substituents is 1. The van der Waals surface area contributed by atoms with Crippen molar-refractivity contribution in [3.05, 3.63) is 40.1 Å². The van der Waals surface area contributed by atoms with Crippen molar-refractivity contribution < 1.29 is 9.72 Å². The maximum atomic E-state index is 12.0. The monoisotopic (exact) mass is 276 g/mol. The summed E-state index contributed by atoms with van der Waals surface area (Å²) in [7, 11) is 3.86. The van der Waals surface area contributed by atoms with Crippen LogP contribution in [0.2, 0.25) is 0 Å². The summed E-state index contributed by atoms with van der Waals surface area (Å²) < 4.78 is 0. The van der Waals surface area contributed by atoms with Crippen molar-refractivity contribution in [1.82, 2.24) is 15.2 Å². The van der Waals surface area contributed by atoms with E-state index >= 15 is 0 Å². The van der Waals surface area contributed by atoms with Crippen LogP contribution in [0.5, 0.6) is 0 Å². The number of hydrogen-bond donors (Lipinski definition) is 2. The minimum absolute atomic E-state index is 0.00100. The average molecular weight is 276 g/mol. The van der Waals surface area contributed by atoms with Gasteiger partial charge in [-0.25, -0.2) is 0 Å². The van der Waals surface area contributed by atoms with Crippen molar-refractivity contribution in [2.24, 2.45) is 0 Å². The van der Waals surface area contributed by atoms with Gasteiger partial charge in [-0.1, -0.05) is 0 Å². The minimum Gasteiger partial charge on any atom is -0.360 e. The molecule has 0 aliphatic heterocycles. The third-order valence-corrected chi connectivity index (χ3v) is 2.97. The lowest BCUT2D eigenvalue weighted by molar-refractivity contribution is -0.384. The number of nitrogens with zero attached hydrogens (tertiary/aromatic N) is 2. The Morgan fingerprint density at radius 3 is 2.85 bits per heavy atom. The summed E-state index contributed by atoms with van der Waals surface area (Å²) in [6.45, 7) is 1.30. The summed E-state index contributed by atoms with van der Waals surface area (Å²) in [5.74, 6) is -0.188. The molecule has 106 valence electrons. The number of aromatic amines is 1. The first-order valence-corrected chi connectivity index (χ1v) is 6.17. The van der Waals surface area contributed by atoms with E-state index in [4.69, 9.17) is 0 Å². The lowest BCUT2D eigenvalue weighted by Gasteiger charge is -2.09. The van der Waals surface area contributed by atoms with E-state index in [9.17, 15) is 14.9 Å². The Kier molecular flexibility index (Phi) is 3.99. The summed E-state index contributed by atoms with van der Waals surface area (Å²) in [5.41, 5.74) is 1.07. The Hall–Kier alpha value is -2.41. The molecule has 1 heterocycles. The fourth-order valence-electron chi connectivity index (χ4n) is 1.90. The second-order valence-corrected chi connectivity index (χ2v) is 4.75. The van der Waals surface area contributed by atoms with Crippen LogP contribution in [0.15, 0.2) is 24.4 Å². The molecule has 0 saturated heterocycles. The molecule has 1 aromatic heterocycles. The van der Waals surface area contributed by atoms with Crippen molar-refractivity contribution in [3.63, 3.8) is 0 Å². The molecule has 0 atom stereocenters. The Bertz CT molecular complexity index is 648. The number of non-ortho nitro benzene ring substituents is 1. The maximum absolute atomic E-state index is 12.0. The number of rotatable bonds is 5. The molecule has 0 aliphatic rings. The fourth-order valence-corrected chi connectivity index (χ4v) is 1.90. The molecule has 0 fully saturated rings. The molecule has 7 heteroatoms. The van der Waals surface area contributed by atoms with Gasteiger partial charge in [0.1, 0.15) is 0 Å². The average Bonchev–Trinajstić information content (AvgIpc) is 2.80. The molecule has 0 radical (unpaired) electrons. The highest BCUT2D eigenvalue weighted by Gasteiger charge is 2.14. The largest absolute Gasteiger partial charge is 0.360 e. The second-order valence-electron chi connectivity index (χ2n) is 4.75. The van der Waals surface area contributed by atoms with Crippen LogP contribution in [0, 0.1) is 10.1 Å². The Balaban J connectivity index is 2.18. The van der Waals surface area contributed by atoms with Crippen LogP contribution >= 0.6 is 0 Å². The fraction of sp³-hybridized carbons (Fsp3) is 0.308. The van der Waals surface area contributed by atoms with Gasteiger partial charge in [0.2, 0.25) is 0 Å². The number of carbonyl (C=O) groups excluding carboxylic acids is 1. The molecule has 20 heavy (non-hydrogen) atoms. The van der Waals surface area contributed by atoms with E-state index in [-0.39, 0.29) is 11.6 Å². The highest BCUT2D eigenvalue weighted by molar-refractivity contribution is 6.07. The number of fused-ring (bicyclic) bond motifs is 1. The van der Waals surface area contributed by atoms with E-state index in [2.05, 4.69) is 10.3 Å². The van der Waals surface area contributed by atoms with Gasteiger partial charge in [-0.3, -0.25) is 14.9 Å². The van der Waals surface area contributed by atoms with Crippen molar-refractivity contribution in [1.29, 1.82) is 0 Å². The molecule has 1 aromatic carbocycles. The van der Waals surface area contributed by atoms with Crippen molar-refractivity contribution >= 4 is 22.5 Å². The third-order valence-electron chi connectivity index (χ3n) is 2.97. The number of likely N-dealkylation sites (N-methyl/N-ethyl adjacent to an activating group) is 1. The van der Waals surface area contributed by atoms with Crippen molar-refractivity contribution in [3.8, 4) is 0 Å². The number of aromatic nitrogens is 1. The van der Waals surface area contributed by atoms with Crippen LogP contribution in [0.1, 0.15) is 10.4 Å². The van der Waals surface area contributed by atoms with E-state index < -0.39 is 4.92 Å². The van der Waals surface area contributed by atoms with Gasteiger partial charge in [0.05, 0.1) is 16.0 Å². The molecule has 7 nitrogen and oxygen atoms in total. The number of nitro groups is 1. The van der Waals surface area contributed by atoms with Crippen molar-refractivity contribution in [2.75, 3.05) is 27.2 Å². The summed E-state index contributed by atoms with van der Waals surface area (Å²) >= 11 is 0. The number of carbonyl (C=O) groups is 1. The van der Waals surface area contributed by atoms with Gasteiger partial charge >= 0.3 is 0 Å². The SMILES string of the molecule is CN(C)CCNC(=O)c1c[nH]c2cc([N+](=O)[O-])ccc12. The van der Waals surface area contributed by atoms with E-state index in [1.54, 1.807) is 12.3 Å². The standard InChI is InChI=1S/C13H16N4O3/c1-16(2)6-5-14-13(18)11-8-15-12-7-9(17(19)20)3-4-10(11)12/h3-4,7-8,15H,5-6H2,1-2H3,(H,14,18). The van der Waals surface area contributed by atoms with Crippen LogP contribution in [0.4, 0.5) is 5.69 Å². The summed E-state index contributed by atoms with van der Waals surface area (Å²) in [5, 5.41) is 14.2. The van der Waals surface area contributed by atoms with Crippen LogP contribution in [-0.4, -0.2) is 47.9 Å². The smallest absolute Gasteiger partial charge is 0.271 e. The van der Waals surface area contributed by atoms with Crippen LogP contribution in [-0.2, 0) is 0 Å². The summed E-state index contributed by atoms with van der Waals surface area (Å²) in [6.07, 6.45) is 1.57. The lowest BCUT2D eigenvalue weighted by Crippen LogP contribution is -2.31. The van der Waals surface area contributed by atoms with Gasteiger partial charge in [-0.15, -0.1) is 0 Å². The molecule has 2 rings (SSSR count). The number of H-pyrrole nitrogens is 1. The highest BCUT2D eigenvalue weighted by atomic mass is 16.6. The molecule has 0 bridgehead atoms. The van der Waals surface area contributed by atoms with E-state index in [1.807, 2.05) is 19.0 Å². The molecule has 0 spiro atoms. The molecular formula is C13H16N4O3. The third kappa shape index (κ3) is 2.94. The number of amides is 1. The number of benzene rings is 1. The predicted octanol–water partition coefficient (Wildman–Crippen LogP) is 1.37. The molecule has 2 N–H and O–H groups in total. The van der Waals surface area contributed by atoms with Crippen LogP contribution < -0.4 is 5.32 Å². The van der Waals surface area contributed by atoms with Gasteiger partial charge in [0.25, 0.3) is 11.6 Å². The molecule has 2 aromatic rings. The first-order valence-electron chi connectivity index (χ1n) is 6.17. The van der Waals surface area contributed by atoms with E-state index in [0.717, 1.165) is 6.54 Å². The highest BCUT2D eigenvalue weighted by Crippen LogP contribution is 2.23. The predicted molar refractivity (Wildman–Crippen MR) is 75.8 cm³/mol. The minimum atomic E-state index is -0.461.